The van der Waals surface area contributed by atoms with Gasteiger partial charge in [-0.1, -0.05) is 37.9 Å². The molecule has 1 aromatic rings. The molecule has 0 saturated carbocycles. The second kappa shape index (κ2) is 4.71. The number of halogens is 2. The van der Waals surface area contributed by atoms with Crippen LogP contribution < -0.4 is 0 Å². The number of alkyl halides is 2. The Hall–Kier alpha value is -0.950. The van der Waals surface area contributed by atoms with Gasteiger partial charge in [-0.05, 0) is 6.07 Å². The Balaban J connectivity index is 3.48. The average molecular weight is 339 g/mol. The minimum absolute atomic E-state index is 0.0945. The highest BCUT2D eigenvalue weighted by molar-refractivity contribution is 9.24. The van der Waals surface area contributed by atoms with Crippen LogP contribution in [0.2, 0.25) is 0 Å². The highest BCUT2D eigenvalue weighted by atomic mass is 79.9. The number of carboxylic acid groups (broad SMARTS) is 1. The Morgan fingerprint density at radius 1 is 1.47 bits per heavy atom. The van der Waals surface area contributed by atoms with Gasteiger partial charge in [0.2, 0.25) is 0 Å². The number of carboxylic acids is 1. The van der Waals surface area contributed by atoms with Gasteiger partial charge in [0.25, 0.3) is 5.69 Å². The number of nitro benzene ring substituents is 1. The van der Waals surface area contributed by atoms with Crippen LogP contribution in [0.5, 0.6) is 0 Å². The molecule has 0 aliphatic carbocycles. The summed E-state index contributed by atoms with van der Waals surface area (Å²) in [5, 5.41) is 19.5. The zero-order chi connectivity index (χ0) is 11.6. The van der Waals surface area contributed by atoms with Gasteiger partial charge in [0.1, 0.15) is 3.74 Å². The Morgan fingerprint density at radius 2 is 2.07 bits per heavy atom. The van der Waals surface area contributed by atoms with E-state index in [-0.39, 0.29) is 16.8 Å². The number of nitro groups is 1. The lowest BCUT2D eigenvalue weighted by atomic mass is 10.1. The molecule has 5 nitrogen and oxygen atoms in total. The van der Waals surface area contributed by atoms with E-state index >= 15 is 0 Å². The van der Waals surface area contributed by atoms with Gasteiger partial charge in [-0.2, -0.15) is 0 Å². The fourth-order valence-corrected chi connectivity index (χ4v) is 2.09. The monoisotopic (exact) mass is 337 g/mol. The lowest BCUT2D eigenvalue weighted by Gasteiger charge is -2.07. The maximum Gasteiger partial charge on any atom is 0.336 e. The third kappa shape index (κ3) is 2.54. The van der Waals surface area contributed by atoms with Gasteiger partial charge in [-0.3, -0.25) is 10.1 Å². The fraction of sp³-hybridized carbons (Fsp3) is 0.125. The molecule has 1 N–H and O–H groups in total. The molecule has 0 heterocycles. The molecule has 0 radical (unpaired) electrons. The quantitative estimate of drug-likeness (QED) is 0.521. The first-order chi connectivity index (χ1) is 6.95. The molecular weight excluding hydrogens is 334 g/mol. The maximum absolute atomic E-state index is 10.8. The molecule has 0 atom stereocenters. The second-order valence-electron chi connectivity index (χ2n) is 2.60. The van der Waals surface area contributed by atoms with Crippen LogP contribution in [-0.2, 0) is 0 Å². The van der Waals surface area contributed by atoms with Crippen molar-refractivity contribution >= 4 is 43.5 Å². The zero-order valence-electron chi connectivity index (χ0n) is 7.18. The van der Waals surface area contributed by atoms with Crippen molar-refractivity contribution in [3.05, 3.63) is 39.4 Å². The predicted octanol–water partition coefficient (Wildman–Crippen LogP) is 3.08. The fourth-order valence-electron chi connectivity index (χ4n) is 1.13. The Morgan fingerprint density at radius 3 is 2.47 bits per heavy atom. The summed E-state index contributed by atoms with van der Waals surface area (Å²) >= 11 is 6.14. The van der Waals surface area contributed by atoms with Crippen LogP contribution in [0.3, 0.4) is 0 Å². The SMILES string of the molecule is O=C(O)c1cccc([N+](=O)[O-])c1C(Br)Br. The van der Waals surface area contributed by atoms with Gasteiger partial charge < -0.3 is 5.11 Å². The van der Waals surface area contributed by atoms with Crippen molar-refractivity contribution in [1.82, 2.24) is 0 Å². The van der Waals surface area contributed by atoms with E-state index in [1.807, 2.05) is 0 Å². The van der Waals surface area contributed by atoms with Gasteiger partial charge in [0.05, 0.1) is 16.1 Å². The summed E-state index contributed by atoms with van der Waals surface area (Å²) in [6.45, 7) is 0. The van der Waals surface area contributed by atoms with Gasteiger partial charge in [0, 0.05) is 6.07 Å². The van der Waals surface area contributed by atoms with Crippen LogP contribution in [-0.4, -0.2) is 16.0 Å². The summed E-state index contributed by atoms with van der Waals surface area (Å²) in [4.78, 5) is 20.9. The van der Waals surface area contributed by atoms with Crippen LogP contribution >= 0.6 is 31.9 Å². The van der Waals surface area contributed by atoms with E-state index in [0.717, 1.165) is 0 Å². The molecule has 80 valence electrons. The highest BCUT2D eigenvalue weighted by Crippen LogP contribution is 2.38. The van der Waals surface area contributed by atoms with Crippen molar-refractivity contribution in [3.63, 3.8) is 0 Å². The smallest absolute Gasteiger partial charge is 0.336 e. The van der Waals surface area contributed by atoms with Crippen LogP contribution in [0.4, 0.5) is 5.69 Å². The Bertz CT molecular complexity index is 387. The van der Waals surface area contributed by atoms with E-state index in [1.54, 1.807) is 0 Å². The molecule has 0 bridgehead atoms. The summed E-state index contributed by atoms with van der Waals surface area (Å²) in [7, 11) is 0. The van der Waals surface area contributed by atoms with E-state index in [1.165, 1.54) is 18.2 Å². The normalized spacial score (nSPS) is 10.3. The second-order valence-corrected chi connectivity index (χ2v) is 5.66. The molecule has 7 heteroatoms. The Labute approximate surface area is 102 Å². The number of carbonyl (C=O) groups is 1. The van der Waals surface area contributed by atoms with Crippen molar-refractivity contribution < 1.29 is 14.8 Å². The van der Waals surface area contributed by atoms with Crippen LogP contribution in [0.25, 0.3) is 0 Å². The van der Waals surface area contributed by atoms with Crippen molar-refractivity contribution in [1.29, 1.82) is 0 Å². The summed E-state index contributed by atoms with van der Waals surface area (Å²) in [5.41, 5.74) is -0.216. The first kappa shape index (κ1) is 12.1. The summed E-state index contributed by atoms with van der Waals surface area (Å²) in [5.74, 6) is -1.20. The first-order valence-electron chi connectivity index (χ1n) is 3.74. The zero-order valence-corrected chi connectivity index (χ0v) is 10.4. The molecule has 0 aliphatic rings. The first-order valence-corrected chi connectivity index (χ1v) is 5.57. The standard InChI is InChI=1S/C8H5Br2NO4/c9-7(10)6-4(8(12)13)2-1-3-5(6)11(14)15/h1-3,7H,(H,12,13). The van der Waals surface area contributed by atoms with Crippen LogP contribution in [0, 0.1) is 10.1 Å². The van der Waals surface area contributed by atoms with Gasteiger partial charge in [-0.15, -0.1) is 0 Å². The number of hydrogen-bond donors (Lipinski definition) is 1. The molecule has 15 heavy (non-hydrogen) atoms. The molecule has 0 amide bonds. The number of hydrogen-bond acceptors (Lipinski definition) is 3. The minimum atomic E-state index is -1.20. The molecule has 1 aromatic carbocycles. The molecule has 0 spiro atoms. The lowest BCUT2D eigenvalue weighted by molar-refractivity contribution is -0.385. The number of benzene rings is 1. The maximum atomic E-state index is 10.8. The third-order valence-corrected chi connectivity index (χ3v) is 2.64. The Kier molecular flexibility index (Phi) is 3.81. The van der Waals surface area contributed by atoms with Crippen LogP contribution in [0.15, 0.2) is 18.2 Å². The van der Waals surface area contributed by atoms with Crippen molar-refractivity contribution in [2.75, 3.05) is 0 Å². The molecular formula is C8H5Br2NO4. The topological polar surface area (TPSA) is 80.4 Å². The largest absolute Gasteiger partial charge is 0.478 e. The highest BCUT2D eigenvalue weighted by Gasteiger charge is 2.24. The van der Waals surface area contributed by atoms with Crippen molar-refractivity contribution in [2.24, 2.45) is 0 Å². The number of rotatable bonds is 3. The van der Waals surface area contributed by atoms with Gasteiger partial charge in [-0.25, -0.2) is 4.79 Å². The molecule has 1 rings (SSSR count). The number of aromatic carboxylic acids is 1. The van der Waals surface area contributed by atoms with E-state index in [9.17, 15) is 14.9 Å². The molecule has 0 saturated heterocycles. The lowest BCUT2D eigenvalue weighted by Crippen LogP contribution is -2.05. The van der Waals surface area contributed by atoms with E-state index in [0.29, 0.717) is 0 Å². The molecule has 0 aliphatic heterocycles. The van der Waals surface area contributed by atoms with E-state index in [2.05, 4.69) is 31.9 Å². The summed E-state index contributed by atoms with van der Waals surface area (Å²) in [6.07, 6.45) is 0. The third-order valence-electron chi connectivity index (χ3n) is 1.73. The summed E-state index contributed by atoms with van der Waals surface area (Å²) < 4.78 is -0.572. The molecule has 0 unspecified atom stereocenters. The predicted molar refractivity (Wildman–Crippen MR) is 60.7 cm³/mol. The van der Waals surface area contributed by atoms with E-state index in [4.69, 9.17) is 5.11 Å². The molecule has 0 aromatic heterocycles. The minimum Gasteiger partial charge on any atom is -0.478 e. The van der Waals surface area contributed by atoms with Crippen LogP contribution in [0.1, 0.15) is 19.7 Å². The average Bonchev–Trinajstić information content (AvgIpc) is 2.16. The summed E-state index contributed by atoms with van der Waals surface area (Å²) in [6, 6.07) is 3.92. The van der Waals surface area contributed by atoms with Gasteiger partial charge in [0.15, 0.2) is 0 Å². The number of nitrogens with zero attached hydrogens (tertiary/aromatic N) is 1. The van der Waals surface area contributed by atoms with E-state index < -0.39 is 14.6 Å². The van der Waals surface area contributed by atoms with Gasteiger partial charge >= 0.3 is 5.97 Å². The molecule has 0 fully saturated rings. The van der Waals surface area contributed by atoms with Crippen molar-refractivity contribution in [2.45, 2.75) is 3.74 Å². The van der Waals surface area contributed by atoms with Crippen molar-refractivity contribution in [3.8, 4) is 0 Å².